The van der Waals surface area contributed by atoms with E-state index in [2.05, 4.69) is 22.2 Å². The smallest absolute Gasteiger partial charge is 0.269 e. The van der Waals surface area contributed by atoms with Crippen molar-refractivity contribution in [3.63, 3.8) is 0 Å². The number of piperazine rings is 1. The van der Waals surface area contributed by atoms with Gasteiger partial charge in [0.15, 0.2) is 0 Å². The first-order valence-electron chi connectivity index (χ1n) is 8.56. The monoisotopic (exact) mass is 330 g/mol. The van der Waals surface area contributed by atoms with Crippen molar-refractivity contribution in [2.45, 2.75) is 31.3 Å². The number of fused-ring (bicyclic) bond motifs is 3. The number of nitrogens with one attached hydrogen (secondary N) is 1. The van der Waals surface area contributed by atoms with Gasteiger partial charge in [-0.15, -0.1) is 0 Å². The highest BCUT2D eigenvalue weighted by Crippen LogP contribution is 2.38. The first kappa shape index (κ1) is 15.4. The van der Waals surface area contributed by atoms with Crippen LogP contribution in [0.5, 0.6) is 0 Å². The Morgan fingerprint density at radius 3 is 2.83 bits per heavy atom. The van der Waals surface area contributed by atoms with Crippen LogP contribution in [0.4, 0.5) is 11.4 Å². The van der Waals surface area contributed by atoms with Crippen molar-refractivity contribution in [3.8, 4) is 0 Å². The fraction of sp³-hybridized carbons (Fsp3) is 0.588. The van der Waals surface area contributed by atoms with Crippen LogP contribution < -0.4 is 10.2 Å². The first-order chi connectivity index (χ1) is 11.5. The fourth-order valence-electron chi connectivity index (χ4n) is 3.90. The van der Waals surface area contributed by atoms with Gasteiger partial charge in [0.05, 0.1) is 16.9 Å². The van der Waals surface area contributed by atoms with E-state index in [4.69, 9.17) is 0 Å². The number of amides is 1. The van der Waals surface area contributed by atoms with Crippen molar-refractivity contribution in [2.75, 3.05) is 31.6 Å². The molecule has 7 heteroatoms. The predicted molar refractivity (Wildman–Crippen MR) is 90.1 cm³/mol. The topological polar surface area (TPSA) is 78.7 Å². The minimum absolute atomic E-state index is 0.0972. The van der Waals surface area contributed by atoms with Crippen LogP contribution in [0, 0.1) is 16.0 Å². The number of anilines is 1. The highest BCUT2D eigenvalue weighted by Gasteiger charge is 2.42. The summed E-state index contributed by atoms with van der Waals surface area (Å²) in [7, 11) is 2.08. The average Bonchev–Trinajstić information content (AvgIpc) is 3.37. The normalized spacial score (nSPS) is 26.5. The maximum atomic E-state index is 12.7. The van der Waals surface area contributed by atoms with Crippen molar-refractivity contribution in [1.82, 2.24) is 10.2 Å². The van der Waals surface area contributed by atoms with Crippen LogP contribution in [-0.2, 0) is 11.2 Å². The molecule has 7 nitrogen and oxygen atoms in total. The van der Waals surface area contributed by atoms with E-state index in [1.165, 1.54) is 0 Å². The van der Waals surface area contributed by atoms with Crippen LogP contribution >= 0.6 is 0 Å². The van der Waals surface area contributed by atoms with Gasteiger partial charge in [-0.05, 0) is 37.9 Å². The standard InChI is InChI=1S/C17H22N4O3/c1-19-6-7-20-15-5-4-13(21(23)24)8-11(15)9-14(16(20)10-19)17(22)18-12-2-3-12/h4-5,8,12,14,16H,2-3,6-7,9-10H2,1H3,(H,18,22). The van der Waals surface area contributed by atoms with Gasteiger partial charge in [0.25, 0.3) is 5.69 Å². The Kier molecular flexibility index (Phi) is 3.68. The van der Waals surface area contributed by atoms with Crippen LogP contribution in [0.1, 0.15) is 18.4 Å². The lowest BCUT2D eigenvalue weighted by molar-refractivity contribution is -0.384. The second-order valence-corrected chi connectivity index (χ2v) is 7.19. The molecule has 0 radical (unpaired) electrons. The average molecular weight is 330 g/mol. The SMILES string of the molecule is CN1CCN2c3ccc([N+](=O)[O-])cc3CC(C(=O)NC3CC3)C2C1. The number of hydrogen-bond acceptors (Lipinski definition) is 5. The molecule has 3 aliphatic rings. The van der Waals surface area contributed by atoms with E-state index >= 15 is 0 Å². The van der Waals surface area contributed by atoms with E-state index in [1.54, 1.807) is 12.1 Å². The number of likely N-dealkylation sites (N-methyl/N-ethyl adjacent to an activating group) is 1. The Balaban J connectivity index is 1.68. The van der Waals surface area contributed by atoms with Crippen molar-refractivity contribution in [2.24, 2.45) is 5.92 Å². The zero-order chi connectivity index (χ0) is 16.8. The van der Waals surface area contributed by atoms with Crippen LogP contribution in [0.15, 0.2) is 18.2 Å². The quantitative estimate of drug-likeness (QED) is 0.665. The van der Waals surface area contributed by atoms with E-state index < -0.39 is 0 Å². The van der Waals surface area contributed by atoms with E-state index in [0.717, 1.165) is 43.7 Å². The molecule has 2 atom stereocenters. The number of carbonyl (C=O) groups is 1. The molecule has 0 aromatic heterocycles. The lowest BCUT2D eigenvalue weighted by Gasteiger charge is -2.48. The second-order valence-electron chi connectivity index (χ2n) is 7.19. The molecule has 0 spiro atoms. The molecule has 1 aliphatic carbocycles. The van der Waals surface area contributed by atoms with Gasteiger partial charge in [-0.1, -0.05) is 0 Å². The van der Waals surface area contributed by atoms with Gasteiger partial charge in [-0.25, -0.2) is 0 Å². The van der Waals surface area contributed by atoms with Gasteiger partial charge in [-0.3, -0.25) is 14.9 Å². The van der Waals surface area contributed by atoms with Crippen LogP contribution in [-0.4, -0.2) is 54.5 Å². The second kappa shape index (κ2) is 5.73. The summed E-state index contributed by atoms with van der Waals surface area (Å²) in [4.78, 5) is 28.0. The van der Waals surface area contributed by atoms with Gasteiger partial charge in [-0.2, -0.15) is 0 Å². The summed E-state index contributed by atoms with van der Waals surface area (Å²) in [6, 6.07) is 5.52. The largest absolute Gasteiger partial charge is 0.365 e. The molecule has 2 aliphatic heterocycles. The highest BCUT2D eigenvalue weighted by molar-refractivity contribution is 5.82. The molecule has 128 valence electrons. The van der Waals surface area contributed by atoms with Crippen molar-refractivity contribution in [3.05, 3.63) is 33.9 Å². The number of rotatable bonds is 3. The van der Waals surface area contributed by atoms with Crippen LogP contribution in [0.2, 0.25) is 0 Å². The summed E-state index contributed by atoms with van der Waals surface area (Å²) >= 11 is 0. The Labute approximate surface area is 140 Å². The Morgan fingerprint density at radius 2 is 2.12 bits per heavy atom. The Bertz CT molecular complexity index is 688. The molecular formula is C17H22N4O3. The van der Waals surface area contributed by atoms with E-state index in [-0.39, 0.29) is 28.5 Å². The molecule has 2 heterocycles. The lowest BCUT2D eigenvalue weighted by atomic mass is 9.83. The molecular weight excluding hydrogens is 308 g/mol. The first-order valence-corrected chi connectivity index (χ1v) is 8.56. The maximum absolute atomic E-state index is 12.7. The van der Waals surface area contributed by atoms with Gasteiger partial charge >= 0.3 is 0 Å². The van der Waals surface area contributed by atoms with E-state index in [0.29, 0.717) is 12.5 Å². The number of nitro benzene ring substituents is 1. The number of carbonyl (C=O) groups excluding carboxylic acids is 1. The minimum Gasteiger partial charge on any atom is -0.365 e. The highest BCUT2D eigenvalue weighted by atomic mass is 16.6. The number of non-ortho nitro benzene ring substituents is 1. The molecule has 2 fully saturated rings. The van der Waals surface area contributed by atoms with Gasteiger partial charge in [0, 0.05) is 43.5 Å². The molecule has 1 N–H and O–H groups in total. The summed E-state index contributed by atoms with van der Waals surface area (Å²) in [6.45, 7) is 2.63. The number of benzene rings is 1. The van der Waals surface area contributed by atoms with Gasteiger partial charge in [0.1, 0.15) is 0 Å². The Morgan fingerprint density at radius 1 is 1.33 bits per heavy atom. The van der Waals surface area contributed by atoms with Gasteiger partial charge in [0.2, 0.25) is 5.91 Å². The summed E-state index contributed by atoms with van der Waals surface area (Å²) < 4.78 is 0. The van der Waals surface area contributed by atoms with Crippen molar-refractivity contribution >= 4 is 17.3 Å². The lowest BCUT2D eigenvalue weighted by Crippen LogP contribution is -2.60. The molecule has 2 unspecified atom stereocenters. The molecule has 1 aromatic rings. The number of hydrogen-bond donors (Lipinski definition) is 1. The number of nitrogens with zero attached hydrogens (tertiary/aromatic N) is 3. The minimum atomic E-state index is -0.365. The fourth-order valence-corrected chi connectivity index (χ4v) is 3.90. The number of nitro groups is 1. The summed E-state index contributed by atoms with van der Waals surface area (Å²) in [6.07, 6.45) is 2.70. The molecule has 1 saturated carbocycles. The van der Waals surface area contributed by atoms with E-state index in [1.807, 2.05) is 6.07 Å². The third-order valence-electron chi connectivity index (χ3n) is 5.37. The van der Waals surface area contributed by atoms with Crippen LogP contribution in [0.3, 0.4) is 0 Å². The zero-order valence-corrected chi connectivity index (χ0v) is 13.8. The third-order valence-corrected chi connectivity index (χ3v) is 5.37. The zero-order valence-electron chi connectivity index (χ0n) is 13.8. The summed E-state index contributed by atoms with van der Waals surface area (Å²) in [5, 5.41) is 14.2. The molecule has 24 heavy (non-hydrogen) atoms. The van der Waals surface area contributed by atoms with Crippen molar-refractivity contribution in [1.29, 1.82) is 0 Å². The van der Waals surface area contributed by atoms with E-state index in [9.17, 15) is 14.9 Å². The summed E-state index contributed by atoms with van der Waals surface area (Å²) in [5.74, 6) is -0.0530. The summed E-state index contributed by atoms with van der Waals surface area (Å²) in [5.41, 5.74) is 2.07. The molecule has 0 bridgehead atoms. The molecule has 1 amide bonds. The third kappa shape index (κ3) is 2.73. The molecule has 1 saturated heterocycles. The van der Waals surface area contributed by atoms with Gasteiger partial charge < -0.3 is 15.1 Å². The maximum Gasteiger partial charge on any atom is 0.269 e. The molecule has 1 aromatic carbocycles. The Hall–Kier alpha value is -2.15. The molecule has 4 rings (SSSR count). The van der Waals surface area contributed by atoms with Crippen LogP contribution in [0.25, 0.3) is 0 Å². The predicted octanol–water partition coefficient (Wildman–Crippen LogP) is 1.17. The van der Waals surface area contributed by atoms with Crippen molar-refractivity contribution < 1.29 is 9.72 Å².